The molecule has 1 aliphatic heterocycles. The third-order valence-electron chi connectivity index (χ3n) is 7.16. The van der Waals surface area contributed by atoms with Gasteiger partial charge in [0.25, 0.3) is 0 Å². The number of pyridine rings is 2. The number of nitrogens with two attached hydrogens (primary N) is 1. The minimum Gasteiger partial charge on any atom is -0.384 e. The van der Waals surface area contributed by atoms with Crippen molar-refractivity contribution >= 4 is 17.6 Å². The van der Waals surface area contributed by atoms with E-state index in [0.29, 0.717) is 11.7 Å². The zero-order valence-corrected chi connectivity index (χ0v) is 20.4. The Morgan fingerprint density at radius 2 is 1.97 bits per heavy atom. The average molecular weight is 485 g/mol. The van der Waals surface area contributed by atoms with Gasteiger partial charge in [0, 0.05) is 18.1 Å². The van der Waals surface area contributed by atoms with Crippen LogP contribution < -0.4 is 21.7 Å². The smallest absolute Gasteiger partial charge is 0.242 e. The van der Waals surface area contributed by atoms with Crippen molar-refractivity contribution in [2.75, 3.05) is 12.3 Å². The number of amides is 2. The van der Waals surface area contributed by atoms with E-state index >= 15 is 0 Å². The van der Waals surface area contributed by atoms with Crippen LogP contribution in [0.15, 0.2) is 60.9 Å². The summed E-state index contributed by atoms with van der Waals surface area (Å²) in [6.07, 6.45) is 6.85. The van der Waals surface area contributed by atoms with E-state index in [4.69, 9.17) is 5.73 Å². The van der Waals surface area contributed by atoms with Crippen molar-refractivity contribution in [3.05, 3.63) is 77.7 Å². The number of aryl methyl sites for hydroxylation is 1. The minimum absolute atomic E-state index is 0.0986. The Hall–Kier alpha value is -3.78. The molecule has 1 aromatic carbocycles. The first kappa shape index (κ1) is 23.9. The molecule has 36 heavy (non-hydrogen) atoms. The standard InChI is InChI=1S/C28H32N6O2/c1-17(27(35)34-24-10-9-23-22(24)8-11-26(29)33-23)32-28(36)25-14-19(15-31-25)13-18-4-6-20(7-5-18)21-3-2-12-30-16-21/h2-8,11-12,16-17,19,24-25,31H,9-10,13-15H2,1H3,(H2,29,33)(H,32,36)(H,34,35)/t17-,19-,24?,25+/m0/s1. The molecule has 1 aliphatic carbocycles. The molecular formula is C28H32N6O2. The normalized spacial score (nSPS) is 21.5. The molecule has 4 atom stereocenters. The summed E-state index contributed by atoms with van der Waals surface area (Å²) in [5.74, 6) is 0.532. The molecule has 3 heterocycles. The highest BCUT2D eigenvalue weighted by Gasteiger charge is 2.32. The summed E-state index contributed by atoms with van der Waals surface area (Å²) < 4.78 is 0. The Morgan fingerprint density at radius 1 is 1.14 bits per heavy atom. The Labute approximate surface area is 211 Å². The van der Waals surface area contributed by atoms with Gasteiger partial charge in [-0.3, -0.25) is 14.6 Å². The monoisotopic (exact) mass is 484 g/mol. The van der Waals surface area contributed by atoms with Gasteiger partial charge in [-0.25, -0.2) is 4.98 Å². The number of rotatable bonds is 7. The van der Waals surface area contributed by atoms with E-state index in [-0.39, 0.29) is 23.9 Å². The van der Waals surface area contributed by atoms with E-state index in [0.717, 1.165) is 54.6 Å². The predicted molar refractivity (Wildman–Crippen MR) is 139 cm³/mol. The number of fused-ring (bicyclic) bond motifs is 1. The molecule has 8 heteroatoms. The number of carbonyl (C=O) groups excluding carboxylic acids is 2. The quantitative estimate of drug-likeness (QED) is 0.409. The zero-order chi connectivity index (χ0) is 25.1. The highest BCUT2D eigenvalue weighted by Crippen LogP contribution is 2.30. The molecule has 2 aromatic heterocycles. The van der Waals surface area contributed by atoms with Gasteiger partial charge in [0.05, 0.1) is 12.1 Å². The number of anilines is 1. The van der Waals surface area contributed by atoms with E-state index < -0.39 is 6.04 Å². The van der Waals surface area contributed by atoms with E-state index in [1.807, 2.05) is 24.4 Å². The van der Waals surface area contributed by atoms with Gasteiger partial charge in [-0.1, -0.05) is 36.4 Å². The summed E-state index contributed by atoms with van der Waals surface area (Å²) in [6.45, 7) is 2.50. The number of carbonyl (C=O) groups is 2. The molecule has 0 spiro atoms. The van der Waals surface area contributed by atoms with E-state index in [9.17, 15) is 9.59 Å². The zero-order valence-electron chi connectivity index (χ0n) is 20.4. The lowest BCUT2D eigenvalue weighted by Gasteiger charge is -2.20. The van der Waals surface area contributed by atoms with Crippen molar-refractivity contribution in [2.24, 2.45) is 5.92 Å². The molecule has 8 nitrogen and oxygen atoms in total. The Bertz CT molecular complexity index is 1230. The maximum atomic E-state index is 12.8. The first-order chi connectivity index (χ1) is 17.5. The second kappa shape index (κ2) is 10.5. The van der Waals surface area contributed by atoms with Crippen LogP contribution >= 0.6 is 0 Å². The maximum Gasteiger partial charge on any atom is 0.242 e. The average Bonchev–Trinajstić information content (AvgIpc) is 3.52. The van der Waals surface area contributed by atoms with Gasteiger partial charge in [-0.2, -0.15) is 0 Å². The van der Waals surface area contributed by atoms with Gasteiger partial charge in [0.2, 0.25) is 11.8 Å². The lowest BCUT2D eigenvalue weighted by atomic mass is 9.95. The third-order valence-corrected chi connectivity index (χ3v) is 7.16. The van der Waals surface area contributed by atoms with Gasteiger partial charge in [0.15, 0.2) is 0 Å². The molecule has 0 bridgehead atoms. The summed E-state index contributed by atoms with van der Waals surface area (Å²) >= 11 is 0. The number of hydrogen-bond donors (Lipinski definition) is 4. The van der Waals surface area contributed by atoms with Crippen LogP contribution in [0.4, 0.5) is 5.82 Å². The fraction of sp³-hybridized carbons (Fsp3) is 0.357. The number of nitrogens with one attached hydrogen (secondary N) is 3. The van der Waals surface area contributed by atoms with Gasteiger partial charge in [-0.15, -0.1) is 0 Å². The van der Waals surface area contributed by atoms with Crippen LogP contribution in [0.25, 0.3) is 11.1 Å². The van der Waals surface area contributed by atoms with E-state index in [2.05, 4.69) is 50.2 Å². The lowest BCUT2D eigenvalue weighted by molar-refractivity contribution is -0.129. The molecule has 1 fully saturated rings. The first-order valence-electron chi connectivity index (χ1n) is 12.5. The van der Waals surface area contributed by atoms with Crippen molar-refractivity contribution in [1.29, 1.82) is 0 Å². The van der Waals surface area contributed by atoms with Crippen LogP contribution in [0.1, 0.15) is 42.6 Å². The van der Waals surface area contributed by atoms with Crippen molar-refractivity contribution in [3.8, 4) is 11.1 Å². The van der Waals surface area contributed by atoms with Crippen LogP contribution in [-0.4, -0.2) is 40.4 Å². The van der Waals surface area contributed by atoms with Crippen LogP contribution in [0.3, 0.4) is 0 Å². The van der Waals surface area contributed by atoms with Gasteiger partial charge in [-0.05, 0) is 79.5 Å². The molecule has 0 saturated carbocycles. The number of hydrogen-bond acceptors (Lipinski definition) is 6. The second-order valence-corrected chi connectivity index (χ2v) is 9.81. The fourth-order valence-corrected chi connectivity index (χ4v) is 5.17. The SMILES string of the molecule is C[C@H](NC(=O)[C@H]1C[C@H](Cc2ccc(-c3cccnc3)cc2)CN1)C(=O)NC1CCc2nc(N)ccc21. The fourth-order valence-electron chi connectivity index (χ4n) is 5.17. The molecule has 2 aliphatic rings. The topological polar surface area (TPSA) is 122 Å². The largest absolute Gasteiger partial charge is 0.384 e. The molecule has 5 N–H and O–H groups in total. The predicted octanol–water partition coefficient (Wildman–Crippen LogP) is 2.55. The van der Waals surface area contributed by atoms with Crippen molar-refractivity contribution in [1.82, 2.24) is 25.9 Å². The Morgan fingerprint density at radius 3 is 2.75 bits per heavy atom. The van der Waals surface area contributed by atoms with Crippen molar-refractivity contribution < 1.29 is 9.59 Å². The summed E-state index contributed by atoms with van der Waals surface area (Å²) in [5, 5.41) is 9.26. The van der Waals surface area contributed by atoms with E-state index in [1.165, 1.54) is 5.56 Å². The summed E-state index contributed by atoms with van der Waals surface area (Å²) in [6, 6.07) is 15.2. The molecule has 2 amide bonds. The molecule has 0 radical (unpaired) electrons. The third kappa shape index (κ3) is 5.39. The first-order valence-corrected chi connectivity index (χ1v) is 12.5. The molecule has 186 valence electrons. The highest BCUT2D eigenvalue weighted by atomic mass is 16.2. The number of nitrogen functional groups attached to an aromatic ring is 1. The van der Waals surface area contributed by atoms with Gasteiger partial charge < -0.3 is 21.7 Å². The molecule has 1 unspecified atom stereocenters. The Kier molecular flexibility index (Phi) is 6.95. The number of nitrogens with zero attached hydrogens (tertiary/aromatic N) is 2. The maximum absolute atomic E-state index is 12.8. The second-order valence-electron chi connectivity index (χ2n) is 9.81. The minimum atomic E-state index is -0.621. The van der Waals surface area contributed by atoms with Crippen LogP contribution in [0.2, 0.25) is 0 Å². The molecular weight excluding hydrogens is 452 g/mol. The summed E-state index contributed by atoms with van der Waals surface area (Å²) in [5.41, 5.74) is 11.2. The summed E-state index contributed by atoms with van der Waals surface area (Å²) in [7, 11) is 0. The van der Waals surface area contributed by atoms with Crippen LogP contribution in [-0.2, 0) is 22.4 Å². The molecule has 1 saturated heterocycles. The van der Waals surface area contributed by atoms with Crippen molar-refractivity contribution in [3.63, 3.8) is 0 Å². The van der Waals surface area contributed by atoms with Crippen LogP contribution in [0.5, 0.6) is 0 Å². The lowest BCUT2D eigenvalue weighted by Crippen LogP contribution is -2.50. The van der Waals surface area contributed by atoms with E-state index in [1.54, 1.807) is 19.2 Å². The van der Waals surface area contributed by atoms with Crippen molar-refractivity contribution in [2.45, 2.75) is 50.7 Å². The number of aromatic nitrogens is 2. The van der Waals surface area contributed by atoms with Crippen LogP contribution in [0, 0.1) is 5.92 Å². The molecule has 3 aromatic rings. The Balaban J connectivity index is 1.10. The van der Waals surface area contributed by atoms with Gasteiger partial charge >= 0.3 is 0 Å². The highest BCUT2D eigenvalue weighted by molar-refractivity contribution is 5.89. The number of benzene rings is 1. The van der Waals surface area contributed by atoms with Gasteiger partial charge in [0.1, 0.15) is 11.9 Å². The molecule has 5 rings (SSSR count). The summed E-state index contributed by atoms with van der Waals surface area (Å²) in [4.78, 5) is 34.2.